The second-order valence-corrected chi connectivity index (χ2v) is 7.18. The molecule has 0 amide bonds. The average molecular weight is 453 g/mol. The fourth-order valence-corrected chi connectivity index (χ4v) is 3.78. The zero-order chi connectivity index (χ0) is 13.1. The Hall–Kier alpha value is 0.170. The van der Waals surface area contributed by atoms with Crippen LogP contribution in [0.15, 0.2) is 55.9 Å². The molecule has 1 atom stereocenters. The van der Waals surface area contributed by atoms with Gasteiger partial charge in [0.15, 0.2) is 0 Å². The molecule has 94 valence electrons. The van der Waals surface area contributed by atoms with Crippen molar-refractivity contribution in [3.63, 3.8) is 0 Å². The van der Waals surface area contributed by atoms with Crippen LogP contribution in [0.1, 0.15) is 16.5 Å². The zero-order valence-corrected chi connectivity index (χ0v) is 14.9. The minimum Gasteiger partial charge on any atom is -0.117 e. The molecule has 4 heteroatoms. The van der Waals surface area contributed by atoms with E-state index >= 15 is 0 Å². The molecule has 0 aliphatic carbocycles. The highest BCUT2D eigenvalue weighted by molar-refractivity contribution is 9.11. The second-order valence-electron chi connectivity index (χ2n) is 3.96. The quantitative estimate of drug-likeness (QED) is 0.466. The molecule has 18 heavy (non-hydrogen) atoms. The normalized spacial score (nSPS) is 12.4. The summed E-state index contributed by atoms with van der Waals surface area (Å²) in [4.78, 5) is 0. The molecule has 0 bridgehead atoms. The van der Waals surface area contributed by atoms with Crippen LogP contribution in [0.5, 0.6) is 0 Å². The number of hydrogen-bond acceptors (Lipinski definition) is 0. The molecule has 0 saturated heterocycles. The molecular formula is C14H10Br3Cl. The van der Waals surface area contributed by atoms with Gasteiger partial charge in [0.2, 0.25) is 0 Å². The van der Waals surface area contributed by atoms with Crippen molar-refractivity contribution in [3.05, 3.63) is 67.0 Å². The first-order valence-electron chi connectivity index (χ1n) is 5.40. The zero-order valence-electron chi connectivity index (χ0n) is 9.34. The first kappa shape index (κ1) is 14.6. The van der Waals surface area contributed by atoms with Gasteiger partial charge in [-0.25, -0.2) is 0 Å². The molecule has 0 nitrogen and oxygen atoms in total. The van der Waals surface area contributed by atoms with E-state index in [0.717, 1.165) is 25.4 Å². The monoisotopic (exact) mass is 450 g/mol. The van der Waals surface area contributed by atoms with E-state index in [9.17, 15) is 0 Å². The third-order valence-corrected chi connectivity index (χ3v) is 4.73. The highest BCUT2D eigenvalue weighted by atomic mass is 79.9. The van der Waals surface area contributed by atoms with Crippen molar-refractivity contribution in [2.45, 2.75) is 11.8 Å². The Morgan fingerprint density at radius 3 is 2.11 bits per heavy atom. The van der Waals surface area contributed by atoms with Gasteiger partial charge in [0.1, 0.15) is 0 Å². The van der Waals surface area contributed by atoms with E-state index in [-0.39, 0.29) is 5.38 Å². The topological polar surface area (TPSA) is 0 Å². The molecule has 0 radical (unpaired) electrons. The lowest BCUT2D eigenvalue weighted by molar-refractivity contribution is 0.914. The lowest BCUT2D eigenvalue weighted by Crippen LogP contribution is -1.97. The van der Waals surface area contributed by atoms with Gasteiger partial charge in [-0.15, -0.1) is 11.6 Å². The van der Waals surface area contributed by atoms with Crippen molar-refractivity contribution in [2.75, 3.05) is 0 Å². The molecule has 0 heterocycles. The molecule has 2 aromatic rings. The Balaban J connectivity index is 2.16. The third-order valence-electron chi connectivity index (χ3n) is 2.63. The van der Waals surface area contributed by atoms with E-state index in [4.69, 9.17) is 11.6 Å². The number of halogens is 4. The minimum absolute atomic E-state index is 0.0337. The maximum Gasteiger partial charge on any atom is 0.0636 e. The van der Waals surface area contributed by atoms with E-state index in [0.29, 0.717) is 0 Å². The van der Waals surface area contributed by atoms with E-state index in [1.807, 2.05) is 30.3 Å². The van der Waals surface area contributed by atoms with Gasteiger partial charge in [-0.1, -0.05) is 66.0 Å². The summed E-state index contributed by atoms with van der Waals surface area (Å²) in [6.07, 6.45) is 0.815. The molecule has 0 N–H and O–H groups in total. The summed E-state index contributed by atoms with van der Waals surface area (Å²) in [5, 5.41) is -0.0337. The summed E-state index contributed by atoms with van der Waals surface area (Å²) in [6.45, 7) is 0. The summed E-state index contributed by atoms with van der Waals surface area (Å²) in [7, 11) is 0. The van der Waals surface area contributed by atoms with E-state index < -0.39 is 0 Å². The highest BCUT2D eigenvalue weighted by Crippen LogP contribution is 2.33. The van der Waals surface area contributed by atoms with Gasteiger partial charge in [0.05, 0.1) is 5.38 Å². The van der Waals surface area contributed by atoms with Gasteiger partial charge in [0, 0.05) is 13.4 Å². The average Bonchev–Trinajstić information content (AvgIpc) is 2.32. The first-order chi connectivity index (χ1) is 8.56. The van der Waals surface area contributed by atoms with Gasteiger partial charge in [-0.2, -0.15) is 0 Å². The standard InChI is InChI=1S/C14H10Br3Cl/c15-10-3-1-9(2-4-10)7-14(18)12-6-5-11(16)8-13(12)17/h1-6,8,14H,7H2. The predicted molar refractivity (Wildman–Crippen MR) is 88.3 cm³/mol. The molecule has 0 fully saturated rings. The van der Waals surface area contributed by atoms with Crippen molar-refractivity contribution in [2.24, 2.45) is 0 Å². The molecule has 0 saturated carbocycles. The number of rotatable bonds is 3. The largest absolute Gasteiger partial charge is 0.117 e. The predicted octanol–water partition coefficient (Wildman–Crippen LogP) is 6.50. The molecule has 0 spiro atoms. The molecular weight excluding hydrogens is 443 g/mol. The van der Waals surface area contributed by atoms with Crippen LogP contribution in [-0.4, -0.2) is 0 Å². The first-order valence-corrected chi connectivity index (χ1v) is 8.21. The maximum atomic E-state index is 6.48. The van der Waals surface area contributed by atoms with Gasteiger partial charge >= 0.3 is 0 Å². The fourth-order valence-electron chi connectivity index (χ4n) is 1.69. The van der Waals surface area contributed by atoms with E-state index in [1.54, 1.807) is 0 Å². The molecule has 0 aromatic heterocycles. The SMILES string of the molecule is ClC(Cc1ccc(Br)cc1)c1ccc(Br)cc1Br. The van der Waals surface area contributed by atoms with E-state index in [1.165, 1.54) is 5.56 Å². The second kappa shape index (κ2) is 6.56. The summed E-state index contributed by atoms with van der Waals surface area (Å²) in [6, 6.07) is 14.3. The Bertz CT molecular complexity index is 537. The number of benzene rings is 2. The van der Waals surface area contributed by atoms with Crippen LogP contribution in [-0.2, 0) is 6.42 Å². The van der Waals surface area contributed by atoms with Gasteiger partial charge in [0.25, 0.3) is 0 Å². The Labute approximate surface area is 137 Å². The molecule has 2 aromatic carbocycles. The molecule has 0 aliphatic rings. The third kappa shape index (κ3) is 3.83. The van der Waals surface area contributed by atoms with Crippen LogP contribution in [0.3, 0.4) is 0 Å². The van der Waals surface area contributed by atoms with Crippen molar-refractivity contribution in [3.8, 4) is 0 Å². The Kier molecular flexibility index (Phi) is 5.31. The van der Waals surface area contributed by atoms with Crippen LogP contribution in [0.4, 0.5) is 0 Å². The van der Waals surface area contributed by atoms with Crippen LogP contribution >= 0.6 is 59.4 Å². The highest BCUT2D eigenvalue weighted by Gasteiger charge is 2.12. The van der Waals surface area contributed by atoms with Gasteiger partial charge in [-0.3, -0.25) is 0 Å². The van der Waals surface area contributed by atoms with Crippen LogP contribution in [0, 0.1) is 0 Å². The summed E-state index contributed by atoms with van der Waals surface area (Å²) >= 11 is 16.9. The summed E-state index contributed by atoms with van der Waals surface area (Å²) in [5.74, 6) is 0. The van der Waals surface area contributed by atoms with Crippen LogP contribution in [0.2, 0.25) is 0 Å². The number of alkyl halides is 1. The fraction of sp³-hybridized carbons (Fsp3) is 0.143. The smallest absolute Gasteiger partial charge is 0.0636 e. The maximum absolute atomic E-state index is 6.48. The lowest BCUT2D eigenvalue weighted by Gasteiger charge is -2.12. The minimum atomic E-state index is -0.0337. The summed E-state index contributed by atoms with van der Waals surface area (Å²) < 4.78 is 3.17. The van der Waals surface area contributed by atoms with Crippen molar-refractivity contribution in [1.29, 1.82) is 0 Å². The lowest BCUT2D eigenvalue weighted by atomic mass is 10.0. The van der Waals surface area contributed by atoms with Crippen LogP contribution in [0.25, 0.3) is 0 Å². The van der Waals surface area contributed by atoms with Gasteiger partial charge in [-0.05, 0) is 41.8 Å². The Morgan fingerprint density at radius 2 is 1.50 bits per heavy atom. The van der Waals surface area contributed by atoms with Crippen molar-refractivity contribution in [1.82, 2.24) is 0 Å². The molecule has 0 aliphatic heterocycles. The number of hydrogen-bond donors (Lipinski definition) is 0. The van der Waals surface area contributed by atoms with Crippen molar-refractivity contribution < 1.29 is 0 Å². The Morgan fingerprint density at radius 1 is 0.889 bits per heavy atom. The molecule has 1 unspecified atom stereocenters. The van der Waals surface area contributed by atoms with Gasteiger partial charge < -0.3 is 0 Å². The molecule has 2 rings (SSSR count). The van der Waals surface area contributed by atoms with Crippen LogP contribution < -0.4 is 0 Å². The summed E-state index contributed by atoms with van der Waals surface area (Å²) in [5.41, 5.74) is 2.34. The van der Waals surface area contributed by atoms with E-state index in [2.05, 4.69) is 59.9 Å². The van der Waals surface area contributed by atoms with Crippen molar-refractivity contribution >= 4 is 59.4 Å².